The number of alkyl halides is 3. The number of nitrogens with zero attached hydrogens (tertiary/aromatic N) is 2. The molecule has 1 heterocycles. The molecule has 1 amide bonds. The summed E-state index contributed by atoms with van der Waals surface area (Å²) < 4.78 is 60.9. The van der Waals surface area contributed by atoms with Crippen LogP contribution in [0.1, 0.15) is 65.2 Å². The normalized spacial score (nSPS) is 14.3. The third-order valence-electron chi connectivity index (χ3n) is 6.42. The molecular weight excluding hydrogens is 488 g/mol. The third kappa shape index (κ3) is 6.53. The number of carbonyl (C=O) groups is 2. The Morgan fingerprint density at radius 2 is 1.68 bits per heavy atom. The second-order valence-electron chi connectivity index (χ2n) is 9.00. The molecule has 1 aromatic heterocycles. The van der Waals surface area contributed by atoms with Gasteiger partial charge in [-0.25, -0.2) is 9.18 Å². The number of aromatic nitrogens is 1. The highest BCUT2D eigenvalue weighted by Gasteiger charge is 2.45. The van der Waals surface area contributed by atoms with Crippen molar-refractivity contribution >= 4 is 17.6 Å². The van der Waals surface area contributed by atoms with E-state index in [4.69, 9.17) is 4.74 Å². The minimum absolute atomic E-state index is 0.129. The number of amides is 1. The van der Waals surface area contributed by atoms with E-state index in [-0.39, 0.29) is 17.2 Å². The summed E-state index contributed by atoms with van der Waals surface area (Å²) in [4.78, 5) is 29.7. The molecule has 0 aliphatic heterocycles. The van der Waals surface area contributed by atoms with Crippen molar-refractivity contribution in [3.05, 3.63) is 95.1 Å². The molecule has 37 heavy (non-hydrogen) atoms. The molecule has 4 rings (SSSR count). The highest BCUT2D eigenvalue weighted by atomic mass is 19.4. The van der Waals surface area contributed by atoms with Gasteiger partial charge < -0.3 is 4.74 Å². The minimum Gasteiger partial charge on any atom is -0.457 e. The minimum atomic E-state index is -5.31. The number of anilines is 1. The molecule has 1 saturated carbocycles. The number of benzene rings is 2. The number of carbonyl (C=O) groups excluding carboxylic acids is 2. The fourth-order valence-electron chi connectivity index (χ4n) is 4.53. The van der Waals surface area contributed by atoms with Crippen LogP contribution in [0, 0.1) is 5.82 Å². The number of esters is 1. The Morgan fingerprint density at radius 3 is 2.32 bits per heavy atom. The Bertz CT molecular complexity index is 1220. The van der Waals surface area contributed by atoms with E-state index >= 15 is 0 Å². The highest BCUT2D eigenvalue weighted by Crippen LogP contribution is 2.34. The van der Waals surface area contributed by atoms with Crippen molar-refractivity contribution < 1.29 is 31.9 Å². The Balaban J connectivity index is 1.63. The second kappa shape index (κ2) is 11.5. The maximum Gasteiger partial charge on any atom is 0.471 e. The molecule has 0 radical (unpaired) electrons. The fourth-order valence-corrected chi connectivity index (χ4v) is 4.53. The number of para-hydroxylation sites is 1. The van der Waals surface area contributed by atoms with Crippen molar-refractivity contribution in [2.45, 2.75) is 57.3 Å². The van der Waals surface area contributed by atoms with Gasteiger partial charge in [0.15, 0.2) is 0 Å². The molecule has 194 valence electrons. The zero-order chi connectivity index (χ0) is 26.4. The van der Waals surface area contributed by atoms with Crippen molar-refractivity contribution in [3.8, 4) is 0 Å². The van der Waals surface area contributed by atoms with Crippen LogP contribution >= 0.6 is 0 Å². The van der Waals surface area contributed by atoms with E-state index in [1.807, 2.05) is 0 Å². The molecule has 5 nitrogen and oxygen atoms in total. The van der Waals surface area contributed by atoms with Gasteiger partial charge in [-0.1, -0.05) is 61.7 Å². The van der Waals surface area contributed by atoms with Crippen molar-refractivity contribution in [2.75, 3.05) is 4.90 Å². The average Bonchev–Trinajstić information content (AvgIpc) is 2.91. The van der Waals surface area contributed by atoms with Crippen LogP contribution in [0.5, 0.6) is 0 Å². The van der Waals surface area contributed by atoms with Crippen LogP contribution in [0.25, 0.3) is 0 Å². The topological polar surface area (TPSA) is 59.5 Å². The van der Waals surface area contributed by atoms with Crippen LogP contribution in [0.3, 0.4) is 0 Å². The highest BCUT2D eigenvalue weighted by molar-refractivity contribution is 6.04. The summed E-state index contributed by atoms with van der Waals surface area (Å²) in [6, 6.07) is 15.1. The third-order valence-corrected chi connectivity index (χ3v) is 6.42. The number of rotatable bonds is 7. The Labute approximate surface area is 212 Å². The maximum absolute atomic E-state index is 15.0. The average molecular weight is 515 g/mol. The molecule has 1 aliphatic carbocycles. The van der Waals surface area contributed by atoms with E-state index in [1.54, 1.807) is 42.6 Å². The summed E-state index contributed by atoms with van der Waals surface area (Å²) in [7, 11) is 0. The Morgan fingerprint density at radius 1 is 0.946 bits per heavy atom. The molecule has 0 N–H and O–H groups in total. The predicted octanol–water partition coefficient (Wildman–Crippen LogP) is 6.72. The zero-order valence-electron chi connectivity index (χ0n) is 20.0. The van der Waals surface area contributed by atoms with Gasteiger partial charge in [0.1, 0.15) is 12.4 Å². The van der Waals surface area contributed by atoms with Gasteiger partial charge in [0.2, 0.25) is 0 Å². The molecule has 2 aromatic carbocycles. The van der Waals surface area contributed by atoms with Crippen LogP contribution in [-0.4, -0.2) is 23.0 Å². The van der Waals surface area contributed by atoms with Gasteiger partial charge in [0.25, 0.3) is 0 Å². The quantitative estimate of drug-likeness (QED) is 0.259. The molecule has 0 saturated heterocycles. The standard InChI is InChI=1S/C28H26F4N2O3/c29-24-13-7-12-23(26(35)37-18-19-8-3-1-4-9-19)25(24)34(27(36)28(30,31)32)17-22-15-14-21(16-33-22)20-10-5-2-6-11-20/h1,3-4,7-9,12-16,20H,2,5-6,10-11,17-18H2. The summed E-state index contributed by atoms with van der Waals surface area (Å²) in [6.45, 7) is -0.851. The fraction of sp³-hybridized carbons (Fsp3) is 0.321. The van der Waals surface area contributed by atoms with Crippen molar-refractivity contribution in [2.24, 2.45) is 0 Å². The van der Waals surface area contributed by atoms with Crippen LogP contribution in [0.4, 0.5) is 23.2 Å². The molecule has 1 fully saturated rings. The number of hydrogen-bond donors (Lipinski definition) is 0. The first-order valence-electron chi connectivity index (χ1n) is 12.1. The van der Waals surface area contributed by atoms with Gasteiger partial charge in [-0.2, -0.15) is 13.2 Å². The van der Waals surface area contributed by atoms with Gasteiger partial charge in [0, 0.05) is 6.20 Å². The van der Waals surface area contributed by atoms with E-state index in [0.717, 1.165) is 43.4 Å². The summed E-state index contributed by atoms with van der Waals surface area (Å²) in [5.41, 5.74) is 0.449. The van der Waals surface area contributed by atoms with E-state index in [9.17, 15) is 27.2 Å². The van der Waals surface area contributed by atoms with Crippen LogP contribution < -0.4 is 4.90 Å². The molecule has 0 unspecified atom stereocenters. The van der Waals surface area contributed by atoms with Gasteiger partial charge >= 0.3 is 18.1 Å². The lowest BCUT2D eigenvalue weighted by Gasteiger charge is -2.26. The van der Waals surface area contributed by atoms with Crippen LogP contribution in [0.15, 0.2) is 66.9 Å². The molecular formula is C28H26F4N2O3. The first-order valence-corrected chi connectivity index (χ1v) is 12.1. The number of hydrogen-bond acceptors (Lipinski definition) is 4. The van der Waals surface area contributed by atoms with Gasteiger partial charge in [-0.15, -0.1) is 0 Å². The van der Waals surface area contributed by atoms with Gasteiger partial charge in [-0.05, 0) is 48.1 Å². The Hall–Kier alpha value is -3.75. The first-order chi connectivity index (χ1) is 17.7. The summed E-state index contributed by atoms with van der Waals surface area (Å²) in [5, 5.41) is 0. The first kappa shape index (κ1) is 26.3. The lowest BCUT2D eigenvalue weighted by molar-refractivity contribution is -0.170. The summed E-state index contributed by atoms with van der Waals surface area (Å²) >= 11 is 0. The molecule has 0 spiro atoms. The second-order valence-corrected chi connectivity index (χ2v) is 9.00. The molecule has 1 aliphatic rings. The molecule has 9 heteroatoms. The lowest BCUT2D eigenvalue weighted by Crippen LogP contribution is -2.42. The lowest BCUT2D eigenvalue weighted by atomic mass is 9.85. The van der Waals surface area contributed by atoms with E-state index < -0.39 is 41.7 Å². The molecule has 3 aromatic rings. The number of halogens is 4. The number of pyridine rings is 1. The Kier molecular flexibility index (Phi) is 8.21. The van der Waals surface area contributed by atoms with Crippen molar-refractivity contribution in [1.82, 2.24) is 4.98 Å². The van der Waals surface area contributed by atoms with E-state index in [0.29, 0.717) is 11.5 Å². The molecule has 0 bridgehead atoms. The monoisotopic (exact) mass is 514 g/mol. The van der Waals surface area contributed by atoms with E-state index in [1.165, 1.54) is 18.6 Å². The van der Waals surface area contributed by atoms with Gasteiger partial charge in [-0.3, -0.25) is 14.7 Å². The van der Waals surface area contributed by atoms with E-state index in [2.05, 4.69) is 4.98 Å². The smallest absolute Gasteiger partial charge is 0.457 e. The number of ether oxygens (including phenoxy) is 1. The largest absolute Gasteiger partial charge is 0.471 e. The summed E-state index contributed by atoms with van der Waals surface area (Å²) in [5.74, 6) is -4.20. The van der Waals surface area contributed by atoms with Crippen molar-refractivity contribution in [1.29, 1.82) is 0 Å². The predicted molar refractivity (Wildman–Crippen MR) is 129 cm³/mol. The zero-order valence-corrected chi connectivity index (χ0v) is 20.0. The van der Waals surface area contributed by atoms with Crippen molar-refractivity contribution in [3.63, 3.8) is 0 Å². The summed E-state index contributed by atoms with van der Waals surface area (Å²) in [6.07, 6.45) is 1.71. The van der Waals surface area contributed by atoms with Gasteiger partial charge in [0.05, 0.1) is 23.5 Å². The SMILES string of the molecule is O=C(OCc1ccccc1)c1cccc(F)c1N(Cc1ccc(C2CCCCC2)cn1)C(=O)C(F)(F)F. The maximum atomic E-state index is 15.0. The van der Waals surface area contributed by atoms with Crippen LogP contribution in [-0.2, 0) is 22.7 Å². The van der Waals surface area contributed by atoms with Crippen LogP contribution in [0.2, 0.25) is 0 Å². The molecule has 0 atom stereocenters.